The second-order valence-corrected chi connectivity index (χ2v) is 4.48. The first-order valence-electron chi connectivity index (χ1n) is 4.85. The lowest BCUT2D eigenvalue weighted by atomic mass is 10.2. The number of carbonyl (C=O) groups is 1. The van der Waals surface area contributed by atoms with Crippen LogP contribution in [0.25, 0.3) is 0 Å². The molecule has 2 atom stereocenters. The first-order chi connectivity index (χ1) is 7.99. The molecule has 0 spiro atoms. The van der Waals surface area contributed by atoms with Gasteiger partial charge < -0.3 is 15.1 Å². The molecule has 0 aliphatic carbocycles. The molecule has 1 fully saturated rings. The van der Waals surface area contributed by atoms with Gasteiger partial charge >= 0.3 is 5.97 Å². The Morgan fingerprint density at radius 1 is 1.47 bits per heavy atom. The van der Waals surface area contributed by atoms with E-state index in [1.165, 1.54) is 11.0 Å². The molecule has 1 aliphatic rings. The smallest absolute Gasteiger partial charge is 0.326 e. The molecule has 2 heterocycles. The predicted octanol–water partition coefficient (Wildman–Crippen LogP) is 0.808. The summed E-state index contributed by atoms with van der Waals surface area (Å²) < 4.78 is 0. The number of hydrogen-bond acceptors (Lipinski definition) is 5. The maximum atomic E-state index is 11.1. The fourth-order valence-corrected chi connectivity index (χ4v) is 2.20. The third-order valence-electron chi connectivity index (χ3n) is 2.57. The number of halogens is 2. The van der Waals surface area contributed by atoms with E-state index in [2.05, 4.69) is 10.2 Å². The molecular formula is C9H9Cl2N3O3. The lowest BCUT2D eigenvalue weighted by Gasteiger charge is -2.23. The second kappa shape index (κ2) is 4.64. The number of aliphatic hydroxyl groups excluding tert-OH is 1. The largest absolute Gasteiger partial charge is 0.480 e. The van der Waals surface area contributed by atoms with Crippen LogP contribution in [0.1, 0.15) is 6.42 Å². The van der Waals surface area contributed by atoms with Crippen LogP contribution in [0.2, 0.25) is 10.3 Å². The van der Waals surface area contributed by atoms with E-state index in [1.54, 1.807) is 0 Å². The third kappa shape index (κ3) is 2.43. The molecule has 17 heavy (non-hydrogen) atoms. The van der Waals surface area contributed by atoms with Crippen LogP contribution in [0.4, 0.5) is 5.69 Å². The van der Waals surface area contributed by atoms with Gasteiger partial charge in [-0.2, -0.15) is 0 Å². The minimum Gasteiger partial charge on any atom is -0.480 e. The molecule has 1 aromatic heterocycles. The van der Waals surface area contributed by atoms with Crippen LogP contribution in [0.3, 0.4) is 0 Å². The van der Waals surface area contributed by atoms with Gasteiger partial charge in [0.05, 0.1) is 11.8 Å². The Hall–Kier alpha value is -1.11. The molecule has 0 bridgehead atoms. The molecule has 1 aromatic rings. The van der Waals surface area contributed by atoms with Crippen molar-refractivity contribution < 1.29 is 15.0 Å². The topological polar surface area (TPSA) is 86.5 Å². The number of carboxylic acid groups (broad SMARTS) is 1. The normalized spacial score (nSPS) is 24.1. The van der Waals surface area contributed by atoms with Gasteiger partial charge in [0.25, 0.3) is 0 Å². The van der Waals surface area contributed by atoms with Gasteiger partial charge in [0.2, 0.25) is 0 Å². The Morgan fingerprint density at radius 2 is 2.18 bits per heavy atom. The van der Waals surface area contributed by atoms with Crippen LogP contribution in [-0.2, 0) is 4.79 Å². The first-order valence-corrected chi connectivity index (χ1v) is 5.61. The van der Waals surface area contributed by atoms with Gasteiger partial charge in [0.1, 0.15) is 6.04 Å². The fraction of sp³-hybridized carbons (Fsp3) is 0.444. The zero-order valence-electron chi connectivity index (χ0n) is 8.55. The average molecular weight is 278 g/mol. The van der Waals surface area contributed by atoms with Gasteiger partial charge in [-0.05, 0) is 0 Å². The monoisotopic (exact) mass is 277 g/mol. The van der Waals surface area contributed by atoms with E-state index in [4.69, 9.17) is 28.3 Å². The first kappa shape index (κ1) is 12.3. The molecule has 2 N–H and O–H groups in total. The summed E-state index contributed by atoms with van der Waals surface area (Å²) in [5.41, 5.74) is 0.371. The SMILES string of the molecule is O=C(O)C1CC(O)CN1c1cc(Cl)nnc1Cl. The number of β-amino-alcohol motifs (C(OH)–C–C–N with tert-alkyl or cyclic N) is 1. The summed E-state index contributed by atoms with van der Waals surface area (Å²) >= 11 is 11.5. The van der Waals surface area contributed by atoms with Crippen molar-refractivity contribution in [2.45, 2.75) is 18.6 Å². The number of anilines is 1. The van der Waals surface area contributed by atoms with Gasteiger partial charge in [0, 0.05) is 19.0 Å². The van der Waals surface area contributed by atoms with Gasteiger partial charge in [-0.3, -0.25) is 0 Å². The summed E-state index contributed by atoms with van der Waals surface area (Å²) in [6.07, 6.45) is -0.565. The molecule has 0 saturated carbocycles. The summed E-state index contributed by atoms with van der Waals surface area (Å²) in [6, 6.07) is 0.605. The number of hydrogen-bond donors (Lipinski definition) is 2. The van der Waals surface area contributed by atoms with Crippen molar-refractivity contribution in [1.82, 2.24) is 10.2 Å². The molecule has 8 heteroatoms. The summed E-state index contributed by atoms with van der Waals surface area (Å²) in [6.45, 7) is 0.179. The van der Waals surface area contributed by atoms with E-state index in [-0.39, 0.29) is 23.3 Å². The number of carboxylic acids is 1. The van der Waals surface area contributed by atoms with E-state index in [1.807, 2.05) is 0 Å². The zero-order valence-corrected chi connectivity index (χ0v) is 10.1. The van der Waals surface area contributed by atoms with Crippen LogP contribution in [0, 0.1) is 0 Å². The fourth-order valence-electron chi connectivity index (χ4n) is 1.86. The van der Waals surface area contributed by atoms with E-state index >= 15 is 0 Å². The van der Waals surface area contributed by atoms with E-state index in [0.717, 1.165) is 0 Å². The van der Waals surface area contributed by atoms with Crippen LogP contribution >= 0.6 is 23.2 Å². The molecule has 0 amide bonds. The molecule has 92 valence electrons. The predicted molar refractivity (Wildman–Crippen MR) is 61.4 cm³/mol. The summed E-state index contributed by atoms with van der Waals surface area (Å²) in [5, 5.41) is 25.9. The van der Waals surface area contributed by atoms with E-state index in [9.17, 15) is 9.90 Å². The van der Waals surface area contributed by atoms with Crippen molar-refractivity contribution in [2.24, 2.45) is 0 Å². The quantitative estimate of drug-likeness (QED) is 0.832. The lowest BCUT2D eigenvalue weighted by Crippen LogP contribution is -2.36. The van der Waals surface area contributed by atoms with Crippen LogP contribution in [0.15, 0.2) is 6.07 Å². The Kier molecular flexibility index (Phi) is 3.37. The third-order valence-corrected chi connectivity index (χ3v) is 3.03. The van der Waals surface area contributed by atoms with Gasteiger partial charge in [-0.25, -0.2) is 4.79 Å². The van der Waals surface area contributed by atoms with Gasteiger partial charge in [0.15, 0.2) is 10.3 Å². The van der Waals surface area contributed by atoms with Gasteiger partial charge in [-0.1, -0.05) is 23.2 Å². The van der Waals surface area contributed by atoms with Crippen molar-refractivity contribution in [1.29, 1.82) is 0 Å². The van der Waals surface area contributed by atoms with Gasteiger partial charge in [-0.15, -0.1) is 10.2 Å². The highest BCUT2D eigenvalue weighted by Crippen LogP contribution is 2.31. The number of nitrogens with zero attached hydrogens (tertiary/aromatic N) is 3. The van der Waals surface area contributed by atoms with Crippen molar-refractivity contribution >= 4 is 34.9 Å². The Balaban J connectivity index is 2.37. The summed E-state index contributed by atoms with van der Waals surface area (Å²) in [5.74, 6) is -1.02. The Morgan fingerprint density at radius 3 is 2.82 bits per heavy atom. The minimum atomic E-state index is -1.02. The Bertz CT molecular complexity index is 457. The number of aliphatic hydroxyl groups is 1. The molecule has 0 radical (unpaired) electrons. The lowest BCUT2D eigenvalue weighted by molar-refractivity contribution is -0.138. The number of aromatic nitrogens is 2. The Labute approximate surface area is 107 Å². The molecule has 1 saturated heterocycles. The summed E-state index contributed by atoms with van der Waals surface area (Å²) in [4.78, 5) is 12.5. The molecule has 1 aliphatic heterocycles. The maximum absolute atomic E-state index is 11.1. The molecular weight excluding hydrogens is 269 g/mol. The van der Waals surface area contributed by atoms with E-state index < -0.39 is 18.1 Å². The van der Waals surface area contributed by atoms with Crippen molar-refractivity contribution in [3.63, 3.8) is 0 Å². The highest BCUT2D eigenvalue weighted by Gasteiger charge is 2.37. The van der Waals surface area contributed by atoms with Crippen molar-refractivity contribution in [3.05, 3.63) is 16.4 Å². The molecule has 6 nitrogen and oxygen atoms in total. The zero-order chi connectivity index (χ0) is 12.6. The van der Waals surface area contributed by atoms with Crippen LogP contribution in [-0.4, -0.2) is 45.1 Å². The highest BCUT2D eigenvalue weighted by molar-refractivity contribution is 6.33. The van der Waals surface area contributed by atoms with E-state index in [0.29, 0.717) is 5.69 Å². The minimum absolute atomic E-state index is 0.0646. The van der Waals surface area contributed by atoms with Crippen LogP contribution in [0.5, 0.6) is 0 Å². The van der Waals surface area contributed by atoms with Crippen molar-refractivity contribution in [2.75, 3.05) is 11.4 Å². The van der Waals surface area contributed by atoms with Crippen LogP contribution < -0.4 is 4.90 Å². The maximum Gasteiger partial charge on any atom is 0.326 e. The van der Waals surface area contributed by atoms with Crippen molar-refractivity contribution in [3.8, 4) is 0 Å². The number of aliphatic carboxylic acids is 1. The molecule has 0 aromatic carbocycles. The highest BCUT2D eigenvalue weighted by atomic mass is 35.5. The molecule has 2 rings (SSSR count). The number of rotatable bonds is 2. The molecule has 2 unspecified atom stereocenters. The second-order valence-electron chi connectivity index (χ2n) is 3.74. The standard InChI is InChI=1S/C9H9Cl2N3O3/c10-7-2-5(8(11)13-12-7)14-3-4(15)1-6(14)9(16)17/h2,4,6,15H,1,3H2,(H,16,17). The summed E-state index contributed by atoms with van der Waals surface area (Å²) in [7, 11) is 0. The average Bonchev–Trinajstić information content (AvgIpc) is 2.64.